The van der Waals surface area contributed by atoms with E-state index in [1.165, 1.54) is 12.1 Å². The molecule has 0 bridgehead atoms. The molecule has 0 N–H and O–H groups in total. The number of aryl methyl sites for hydroxylation is 1. The molecule has 0 unspecified atom stereocenters. The first-order chi connectivity index (χ1) is 8.60. The van der Waals surface area contributed by atoms with Gasteiger partial charge in [-0.25, -0.2) is 4.98 Å². The molecule has 92 valence electrons. The van der Waals surface area contributed by atoms with Crippen LogP contribution in [0.5, 0.6) is 0 Å². The highest BCUT2D eigenvalue weighted by molar-refractivity contribution is 6.29. The number of nitro groups is 1. The van der Waals surface area contributed by atoms with Crippen molar-refractivity contribution in [2.75, 3.05) is 0 Å². The van der Waals surface area contributed by atoms with Crippen molar-refractivity contribution in [3.8, 4) is 11.3 Å². The molecule has 0 saturated carbocycles. The molecule has 1 aromatic carbocycles. The van der Waals surface area contributed by atoms with E-state index >= 15 is 0 Å². The van der Waals surface area contributed by atoms with E-state index in [0.29, 0.717) is 5.69 Å². The summed E-state index contributed by atoms with van der Waals surface area (Å²) < 4.78 is 0. The predicted octanol–water partition coefficient (Wildman–Crippen LogP) is 3.87. The third kappa shape index (κ3) is 2.65. The average Bonchev–Trinajstić information content (AvgIpc) is 2.38. The van der Waals surface area contributed by atoms with Crippen LogP contribution in [0.3, 0.4) is 0 Å². The zero-order chi connectivity index (χ0) is 13.1. The van der Waals surface area contributed by atoms with Gasteiger partial charge in [-0.15, -0.1) is 0 Å². The smallest absolute Gasteiger partial charge is 0.258 e. The summed E-state index contributed by atoms with van der Waals surface area (Å²) in [5.74, 6) is 0. The van der Waals surface area contributed by atoms with E-state index in [2.05, 4.69) is 4.98 Å². The van der Waals surface area contributed by atoms with E-state index in [1.54, 1.807) is 0 Å². The summed E-state index contributed by atoms with van der Waals surface area (Å²) in [6.45, 7) is 2.05. The molecule has 2 rings (SSSR count). The number of aromatic nitrogens is 1. The van der Waals surface area contributed by atoms with E-state index in [-0.39, 0.29) is 10.8 Å². The molecule has 0 aliphatic heterocycles. The zero-order valence-corrected chi connectivity index (χ0v) is 10.5. The molecule has 2 aromatic rings. The monoisotopic (exact) mass is 262 g/mol. The van der Waals surface area contributed by atoms with Crippen LogP contribution in [0.1, 0.15) is 12.5 Å². The van der Waals surface area contributed by atoms with Gasteiger partial charge in [0.1, 0.15) is 5.15 Å². The van der Waals surface area contributed by atoms with Crippen LogP contribution in [0.25, 0.3) is 11.3 Å². The van der Waals surface area contributed by atoms with E-state index in [0.717, 1.165) is 17.5 Å². The number of hydrogen-bond donors (Lipinski definition) is 0. The van der Waals surface area contributed by atoms with Crippen LogP contribution in [0, 0.1) is 10.1 Å². The second-order valence-corrected chi connectivity index (χ2v) is 4.23. The van der Waals surface area contributed by atoms with Crippen molar-refractivity contribution < 1.29 is 4.92 Å². The molecule has 0 radical (unpaired) electrons. The summed E-state index contributed by atoms with van der Waals surface area (Å²) in [6, 6.07) is 10.4. The van der Waals surface area contributed by atoms with Gasteiger partial charge in [0, 0.05) is 11.6 Å². The summed E-state index contributed by atoms with van der Waals surface area (Å²) in [7, 11) is 0. The van der Waals surface area contributed by atoms with Gasteiger partial charge < -0.3 is 0 Å². The van der Waals surface area contributed by atoms with Crippen LogP contribution in [0.15, 0.2) is 36.4 Å². The fourth-order valence-corrected chi connectivity index (χ4v) is 1.89. The van der Waals surface area contributed by atoms with Gasteiger partial charge in [0.25, 0.3) is 5.69 Å². The molecule has 0 amide bonds. The lowest BCUT2D eigenvalue weighted by Crippen LogP contribution is -1.92. The Morgan fingerprint density at radius 3 is 2.78 bits per heavy atom. The lowest BCUT2D eigenvalue weighted by Gasteiger charge is -2.04. The Morgan fingerprint density at radius 1 is 1.33 bits per heavy atom. The number of hydrogen-bond acceptors (Lipinski definition) is 3. The van der Waals surface area contributed by atoms with Gasteiger partial charge in [-0.3, -0.25) is 10.1 Å². The van der Waals surface area contributed by atoms with Crippen molar-refractivity contribution in [3.05, 3.63) is 57.2 Å². The van der Waals surface area contributed by atoms with E-state index in [4.69, 9.17) is 11.6 Å². The van der Waals surface area contributed by atoms with Crippen molar-refractivity contribution in [1.82, 2.24) is 4.98 Å². The van der Waals surface area contributed by atoms with Gasteiger partial charge in [0.2, 0.25) is 0 Å². The molecule has 0 atom stereocenters. The van der Waals surface area contributed by atoms with Crippen molar-refractivity contribution in [3.63, 3.8) is 0 Å². The highest BCUT2D eigenvalue weighted by Gasteiger charge is 2.11. The molecular formula is C13H11ClN2O2. The first-order valence-corrected chi connectivity index (χ1v) is 5.89. The normalized spacial score (nSPS) is 10.3. The molecule has 0 aliphatic carbocycles. The lowest BCUT2D eigenvalue weighted by atomic mass is 10.1. The second-order valence-electron chi connectivity index (χ2n) is 3.84. The van der Waals surface area contributed by atoms with Crippen molar-refractivity contribution in [2.24, 2.45) is 0 Å². The van der Waals surface area contributed by atoms with Crippen LogP contribution in [0.4, 0.5) is 5.69 Å². The molecule has 5 heteroatoms. The van der Waals surface area contributed by atoms with Crippen LogP contribution < -0.4 is 0 Å². The van der Waals surface area contributed by atoms with E-state index in [9.17, 15) is 10.1 Å². The van der Waals surface area contributed by atoms with Gasteiger partial charge >= 0.3 is 0 Å². The van der Waals surface area contributed by atoms with Crippen molar-refractivity contribution in [2.45, 2.75) is 13.3 Å². The van der Waals surface area contributed by atoms with E-state index in [1.807, 2.05) is 31.2 Å². The maximum atomic E-state index is 10.8. The molecule has 0 fully saturated rings. The van der Waals surface area contributed by atoms with E-state index < -0.39 is 4.92 Å². The molecule has 18 heavy (non-hydrogen) atoms. The molecule has 4 nitrogen and oxygen atoms in total. The molecule has 0 aliphatic rings. The Morgan fingerprint density at radius 2 is 2.11 bits per heavy atom. The fraction of sp³-hybridized carbons (Fsp3) is 0.154. The summed E-state index contributed by atoms with van der Waals surface area (Å²) in [4.78, 5) is 14.4. The van der Waals surface area contributed by atoms with Crippen LogP contribution in [0.2, 0.25) is 5.15 Å². The third-order valence-corrected chi connectivity index (χ3v) is 2.81. The standard InChI is InChI=1S/C13H11ClN2O2/c1-2-9-4-3-5-10(6-9)12-7-11(16(17)18)8-13(14)15-12/h3-8H,2H2,1H3. The Balaban J connectivity index is 2.52. The molecule has 1 heterocycles. The Bertz CT molecular complexity index is 599. The third-order valence-electron chi connectivity index (χ3n) is 2.62. The minimum absolute atomic E-state index is 0.0492. The van der Waals surface area contributed by atoms with Crippen LogP contribution >= 0.6 is 11.6 Å². The van der Waals surface area contributed by atoms with Gasteiger partial charge in [-0.05, 0) is 18.1 Å². The predicted molar refractivity (Wildman–Crippen MR) is 70.7 cm³/mol. The SMILES string of the molecule is CCc1cccc(-c2cc([N+](=O)[O-])cc(Cl)n2)c1. The summed E-state index contributed by atoms with van der Waals surface area (Å²) >= 11 is 5.80. The van der Waals surface area contributed by atoms with Crippen LogP contribution in [-0.2, 0) is 6.42 Å². The first-order valence-electron chi connectivity index (χ1n) is 5.51. The molecular weight excluding hydrogens is 252 g/mol. The summed E-state index contributed by atoms with van der Waals surface area (Å²) in [6.07, 6.45) is 0.899. The average molecular weight is 263 g/mol. The van der Waals surface area contributed by atoms with Gasteiger partial charge in [-0.1, -0.05) is 36.7 Å². The number of halogens is 1. The largest absolute Gasteiger partial charge is 0.274 e. The Kier molecular flexibility index (Phi) is 3.58. The maximum absolute atomic E-state index is 10.8. The highest BCUT2D eigenvalue weighted by Crippen LogP contribution is 2.25. The lowest BCUT2D eigenvalue weighted by molar-refractivity contribution is -0.384. The number of benzene rings is 1. The quantitative estimate of drug-likeness (QED) is 0.479. The first kappa shape index (κ1) is 12.5. The highest BCUT2D eigenvalue weighted by atomic mass is 35.5. The number of nitrogens with zero attached hydrogens (tertiary/aromatic N) is 2. The van der Waals surface area contributed by atoms with Crippen molar-refractivity contribution >= 4 is 17.3 Å². The molecule has 0 spiro atoms. The van der Waals surface area contributed by atoms with Crippen LogP contribution in [-0.4, -0.2) is 9.91 Å². The van der Waals surface area contributed by atoms with Crippen molar-refractivity contribution in [1.29, 1.82) is 0 Å². The second kappa shape index (κ2) is 5.14. The van der Waals surface area contributed by atoms with Gasteiger partial charge in [0.05, 0.1) is 16.7 Å². The molecule has 1 aromatic heterocycles. The minimum atomic E-state index is -0.471. The number of pyridine rings is 1. The summed E-state index contributed by atoms with van der Waals surface area (Å²) in [5, 5.41) is 10.9. The minimum Gasteiger partial charge on any atom is -0.258 e. The topological polar surface area (TPSA) is 56.0 Å². The fourth-order valence-electron chi connectivity index (χ4n) is 1.69. The molecule has 0 saturated heterocycles. The Labute approximate surface area is 109 Å². The zero-order valence-electron chi connectivity index (χ0n) is 9.76. The summed E-state index contributed by atoms with van der Waals surface area (Å²) in [5.41, 5.74) is 2.45. The van der Waals surface area contributed by atoms with Gasteiger partial charge in [0.15, 0.2) is 0 Å². The number of rotatable bonds is 3. The maximum Gasteiger partial charge on any atom is 0.274 e. The Hall–Kier alpha value is -1.94. The van der Waals surface area contributed by atoms with Gasteiger partial charge in [-0.2, -0.15) is 0 Å².